The van der Waals surface area contributed by atoms with Gasteiger partial charge in [-0.2, -0.15) is 0 Å². The number of rotatable bonds is 4. The van der Waals surface area contributed by atoms with Crippen LogP contribution in [0.5, 0.6) is 0 Å². The van der Waals surface area contributed by atoms with Crippen molar-refractivity contribution in [1.82, 2.24) is 4.23 Å². The third-order valence-electron chi connectivity index (χ3n) is 3.95. The van der Waals surface area contributed by atoms with E-state index in [1.54, 1.807) is 0 Å². The average Bonchev–Trinajstić information content (AvgIpc) is 2.42. The average molecular weight is 316 g/mol. The van der Waals surface area contributed by atoms with Crippen LogP contribution in [0.15, 0.2) is 48.5 Å². The number of nitrogens with two attached hydrogens (primary N) is 2. The highest BCUT2D eigenvalue weighted by Gasteiger charge is 2.30. The van der Waals surface area contributed by atoms with Crippen LogP contribution in [0.2, 0.25) is 19.6 Å². The molecule has 112 valence electrons. The summed E-state index contributed by atoms with van der Waals surface area (Å²) in [6, 6.07) is 16.7. The van der Waals surface area contributed by atoms with Crippen molar-refractivity contribution in [2.45, 2.75) is 19.6 Å². The Morgan fingerprint density at radius 1 is 0.762 bits per heavy atom. The smallest absolute Gasteiger partial charge is 0.169 e. The van der Waals surface area contributed by atoms with Crippen molar-refractivity contribution in [2.75, 3.05) is 18.5 Å². The number of benzene rings is 2. The van der Waals surface area contributed by atoms with Gasteiger partial charge in [-0.25, -0.2) is 0 Å². The maximum atomic E-state index is 5.84. The van der Waals surface area contributed by atoms with Crippen molar-refractivity contribution in [3.63, 3.8) is 0 Å². The third kappa shape index (κ3) is 3.75. The molecular formula is C16H25N3Si2. The van der Waals surface area contributed by atoms with Gasteiger partial charge >= 0.3 is 0 Å². The van der Waals surface area contributed by atoms with E-state index in [0.29, 0.717) is 0 Å². The molecule has 0 heterocycles. The molecule has 0 aliphatic rings. The van der Waals surface area contributed by atoms with Gasteiger partial charge in [0.2, 0.25) is 0 Å². The molecule has 21 heavy (non-hydrogen) atoms. The maximum absolute atomic E-state index is 5.84. The van der Waals surface area contributed by atoms with Gasteiger partial charge in [0.25, 0.3) is 0 Å². The van der Waals surface area contributed by atoms with Gasteiger partial charge in [-0.15, -0.1) is 0 Å². The standard InChI is InChI=1S/C16H25N3Si2/c1-19(21(2,3)4)20(15-9-5-13(17)6-10-15)16-11-7-14(18)8-12-16/h5-12,20H,17-18H2,1-4H3. The normalized spacial score (nSPS) is 12.1. The number of hydrogen-bond acceptors (Lipinski definition) is 3. The molecule has 0 aromatic heterocycles. The van der Waals surface area contributed by atoms with Gasteiger partial charge in [-0.1, -0.05) is 43.9 Å². The molecule has 0 bridgehead atoms. The number of anilines is 2. The van der Waals surface area contributed by atoms with Gasteiger partial charge in [0.15, 0.2) is 8.96 Å². The van der Waals surface area contributed by atoms with Crippen LogP contribution >= 0.6 is 0 Å². The zero-order valence-electron chi connectivity index (χ0n) is 13.3. The van der Waals surface area contributed by atoms with E-state index in [1.165, 1.54) is 10.4 Å². The quantitative estimate of drug-likeness (QED) is 0.663. The highest BCUT2D eigenvalue weighted by molar-refractivity contribution is 6.93. The lowest BCUT2D eigenvalue weighted by Crippen LogP contribution is -2.62. The van der Waals surface area contributed by atoms with Crippen LogP contribution in [-0.2, 0) is 0 Å². The summed E-state index contributed by atoms with van der Waals surface area (Å²) in [6.07, 6.45) is 0. The molecule has 0 radical (unpaired) electrons. The van der Waals surface area contributed by atoms with E-state index in [1.807, 2.05) is 24.3 Å². The van der Waals surface area contributed by atoms with E-state index in [9.17, 15) is 0 Å². The predicted octanol–water partition coefficient (Wildman–Crippen LogP) is 1.46. The fourth-order valence-corrected chi connectivity index (χ4v) is 8.77. The van der Waals surface area contributed by atoms with Crippen LogP contribution in [0.4, 0.5) is 11.4 Å². The lowest BCUT2D eigenvalue weighted by atomic mass is 10.3. The van der Waals surface area contributed by atoms with Crippen LogP contribution in [0, 0.1) is 0 Å². The Labute approximate surface area is 130 Å². The molecule has 0 spiro atoms. The van der Waals surface area contributed by atoms with Gasteiger partial charge in [0.05, 0.1) is 0 Å². The maximum Gasteiger partial charge on any atom is 0.169 e. The van der Waals surface area contributed by atoms with E-state index >= 15 is 0 Å². The lowest BCUT2D eigenvalue weighted by Gasteiger charge is -2.37. The molecule has 0 aliphatic carbocycles. The molecular weight excluding hydrogens is 290 g/mol. The fourth-order valence-electron chi connectivity index (χ4n) is 2.38. The molecule has 0 aliphatic heterocycles. The third-order valence-corrected chi connectivity index (χ3v) is 12.0. The zero-order valence-corrected chi connectivity index (χ0v) is 15.5. The summed E-state index contributed by atoms with van der Waals surface area (Å²) in [5.74, 6) is 0. The molecule has 4 N–H and O–H groups in total. The van der Waals surface area contributed by atoms with Crippen molar-refractivity contribution in [2.24, 2.45) is 0 Å². The highest BCUT2D eigenvalue weighted by Crippen LogP contribution is 2.11. The van der Waals surface area contributed by atoms with Crippen molar-refractivity contribution < 1.29 is 0 Å². The topological polar surface area (TPSA) is 55.3 Å². The summed E-state index contributed by atoms with van der Waals surface area (Å²) in [5, 5.41) is 2.80. The van der Waals surface area contributed by atoms with E-state index in [-0.39, 0.29) is 0 Å². The largest absolute Gasteiger partial charge is 0.399 e. The van der Waals surface area contributed by atoms with Gasteiger partial charge in [-0.3, -0.25) is 0 Å². The minimum Gasteiger partial charge on any atom is -0.399 e. The predicted molar refractivity (Wildman–Crippen MR) is 99.2 cm³/mol. The van der Waals surface area contributed by atoms with E-state index in [0.717, 1.165) is 11.4 Å². The van der Waals surface area contributed by atoms with Crippen molar-refractivity contribution in [1.29, 1.82) is 0 Å². The molecule has 0 amide bonds. The zero-order chi connectivity index (χ0) is 15.6. The van der Waals surface area contributed by atoms with Crippen molar-refractivity contribution >= 4 is 38.9 Å². The molecule has 0 unspecified atom stereocenters. The highest BCUT2D eigenvalue weighted by atomic mass is 28.4. The van der Waals surface area contributed by atoms with E-state index < -0.39 is 17.2 Å². The number of hydrogen-bond donors (Lipinski definition) is 2. The second kappa shape index (κ2) is 6.05. The minimum absolute atomic E-state index is 0.819. The Balaban J connectivity index is 2.48. The number of nitrogens with zero attached hydrogens (tertiary/aromatic N) is 1. The van der Waals surface area contributed by atoms with Gasteiger partial charge in [0, 0.05) is 11.4 Å². The summed E-state index contributed by atoms with van der Waals surface area (Å²) < 4.78 is 2.64. The summed E-state index contributed by atoms with van der Waals surface area (Å²) in [5.41, 5.74) is 13.3. The molecule has 0 atom stereocenters. The van der Waals surface area contributed by atoms with E-state index in [2.05, 4.69) is 55.2 Å². The fraction of sp³-hybridized carbons (Fsp3) is 0.250. The van der Waals surface area contributed by atoms with Gasteiger partial charge in [0.1, 0.15) is 8.24 Å². The first-order valence-corrected chi connectivity index (χ1v) is 12.3. The Morgan fingerprint density at radius 2 is 1.10 bits per heavy atom. The van der Waals surface area contributed by atoms with Crippen LogP contribution in [0.3, 0.4) is 0 Å². The van der Waals surface area contributed by atoms with Crippen molar-refractivity contribution in [3.05, 3.63) is 48.5 Å². The molecule has 2 aromatic rings. The van der Waals surface area contributed by atoms with Gasteiger partial charge < -0.3 is 15.7 Å². The SMILES string of the molecule is CN([SiH](c1ccc(N)cc1)c1ccc(N)cc1)[Si](C)(C)C. The second-order valence-corrected chi connectivity index (χ2v) is 15.0. The first-order chi connectivity index (χ1) is 9.79. The molecule has 5 heteroatoms. The number of nitrogen functional groups attached to an aromatic ring is 2. The first-order valence-electron chi connectivity index (χ1n) is 7.23. The van der Waals surface area contributed by atoms with Crippen molar-refractivity contribution in [3.8, 4) is 0 Å². The van der Waals surface area contributed by atoms with Crippen LogP contribution < -0.4 is 21.8 Å². The lowest BCUT2D eigenvalue weighted by molar-refractivity contribution is 0.795. The Kier molecular flexibility index (Phi) is 4.56. The van der Waals surface area contributed by atoms with E-state index in [4.69, 9.17) is 11.5 Å². The van der Waals surface area contributed by atoms with Crippen LogP contribution in [0.25, 0.3) is 0 Å². The molecule has 3 nitrogen and oxygen atoms in total. The molecule has 2 aromatic carbocycles. The minimum atomic E-state index is -1.43. The monoisotopic (exact) mass is 315 g/mol. The second-order valence-electron chi connectivity index (χ2n) is 6.52. The first kappa shape index (κ1) is 15.8. The molecule has 0 fully saturated rings. The summed E-state index contributed by atoms with van der Waals surface area (Å²) in [7, 11) is -0.537. The Morgan fingerprint density at radius 3 is 1.38 bits per heavy atom. The molecule has 0 saturated carbocycles. The Bertz CT molecular complexity index is 543. The molecule has 0 saturated heterocycles. The summed E-state index contributed by atoms with van der Waals surface area (Å²) in [6.45, 7) is 7.17. The Hall–Kier alpha value is -1.57. The molecule has 2 rings (SSSR count). The summed E-state index contributed by atoms with van der Waals surface area (Å²) >= 11 is 0. The van der Waals surface area contributed by atoms with Crippen LogP contribution in [0.1, 0.15) is 0 Å². The van der Waals surface area contributed by atoms with Gasteiger partial charge in [-0.05, 0) is 41.7 Å². The van der Waals surface area contributed by atoms with Crippen LogP contribution in [-0.4, -0.2) is 28.5 Å². The summed E-state index contributed by atoms with van der Waals surface area (Å²) in [4.78, 5) is 0.